The number of H-pyrrole nitrogens is 1. The van der Waals surface area contributed by atoms with Crippen molar-refractivity contribution >= 4 is 17.6 Å². The number of aromatic amines is 1. The van der Waals surface area contributed by atoms with Gasteiger partial charge in [-0.05, 0) is 31.9 Å². The van der Waals surface area contributed by atoms with Gasteiger partial charge in [0.15, 0.2) is 0 Å². The fourth-order valence-electron chi connectivity index (χ4n) is 3.09. The van der Waals surface area contributed by atoms with E-state index in [1.807, 2.05) is 37.3 Å². The van der Waals surface area contributed by atoms with Crippen molar-refractivity contribution in [3.63, 3.8) is 0 Å². The van der Waals surface area contributed by atoms with Crippen LogP contribution in [0, 0.1) is 6.92 Å². The second kappa shape index (κ2) is 6.95. The van der Waals surface area contributed by atoms with Crippen LogP contribution in [-0.2, 0) is 0 Å². The molecule has 3 heterocycles. The van der Waals surface area contributed by atoms with Crippen LogP contribution >= 0.6 is 0 Å². The fourth-order valence-corrected chi connectivity index (χ4v) is 3.09. The maximum Gasteiger partial charge on any atom is 0.252 e. The molecular weight excluding hydrogens is 328 g/mol. The molecule has 1 saturated heterocycles. The molecule has 0 atom stereocenters. The molecule has 1 aromatic carbocycles. The molecule has 1 aliphatic rings. The van der Waals surface area contributed by atoms with E-state index in [-0.39, 0.29) is 5.56 Å². The molecule has 2 aromatic heterocycles. The van der Waals surface area contributed by atoms with Crippen LogP contribution in [0.1, 0.15) is 18.5 Å². The van der Waals surface area contributed by atoms with Crippen LogP contribution in [0.2, 0.25) is 0 Å². The van der Waals surface area contributed by atoms with Gasteiger partial charge >= 0.3 is 0 Å². The maximum atomic E-state index is 12.1. The van der Waals surface area contributed by atoms with Gasteiger partial charge in [0.25, 0.3) is 5.56 Å². The molecule has 0 bridgehead atoms. The average Bonchev–Trinajstić information content (AvgIpc) is 3.16. The minimum Gasteiger partial charge on any atom is -0.341 e. The molecule has 0 unspecified atom stereocenters. The smallest absolute Gasteiger partial charge is 0.252 e. The lowest BCUT2D eigenvalue weighted by Crippen LogP contribution is -2.20. The summed E-state index contributed by atoms with van der Waals surface area (Å²) in [6, 6.07) is 11.0. The highest BCUT2D eigenvalue weighted by Gasteiger charge is 2.17. The lowest BCUT2D eigenvalue weighted by molar-refractivity contribution is 0.889. The molecule has 26 heavy (non-hydrogen) atoms. The van der Waals surface area contributed by atoms with Crippen LogP contribution in [0.3, 0.4) is 0 Å². The molecule has 0 spiro atoms. The molecule has 3 aromatic rings. The minimum absolute atomic E-state index is 0.226. The van der Waals surface area contributed by atoms with Crippen LogP contribution in [0.4, 0.5) is 17.6 Å². The van der Waals surface area contributed by atoms with Gasteiger partial charge < -0.3 is 10.2 Å². The molecule has 1 fully saturated rings. The van der Waals surface area contributed by atoms with Gasteiger partial charge in [0.05, 0.1) is 11.4 Å². The Hall–Kier alpha value is -3.22. The van der Waals surface area contributed by atoms with Crippen LogP contribution in [0.15, 0.2) is 47.4 Å². The van der Waals surface area contributed by atoms with Gasteiger partial charge in [-0.3, -0.25) is 9.78 Å². The predicted molar refractivity (Wildman–Crippen MR) is 102 cm³/mol. The molecule has 1 aliphatic heterocycles. The highest BCUT2D eigenvalue weighted by molar-refractivity contribution is 5.63. The highest BCUT2D eigenvalue weighted by atomic mass is 16.1. The SMILES string of the molecule is Cc1nc(N2CCCC2)ncc1-c1cc(=O)[nH]c(Nc2ccccc2)n1. The van der Waals surface area contributed by atoms with Crippen molar-refractivity contribution in [1.82, 2.24) is 19.9 Å². The van der Waals surface area contributed by atoms with E-state index in [0.717, 1.165) is 36.0 Å². The van der Waals surface area contributed by atoms with E-state index in [1.165, 1.54) is 18.9 Å². The number of benzene rings is 1. The Labute approximate surface area is 151 Å². The minimum atomic E-state index is -0.226. The van der Waals surface area contributed by atoms with E-state index < -0.39 is 0 Å². The van der Waals surface area contributed by atoms with E-state index in [4.69, 9.17) is 0 Å². The van der Waals surface area contributed by atoms with Crippen molar-refractivity contribution in [2.45, 2.75) is 19.8 Å². The van der Waals surface area contributed by atoms with Gasteiger partial charge in [-0.25, -0.2) is 15.0 Å². The van der Waals surface area contributed by atoms with Crippen molar-refractivity contribution in [2.75, 3.05) is 23.3 Å². The number of rotatable bonds is 4. The Bertz CT molecular complexity index is 963. The molecule has 0 saturated carbocycles. The van der Waals surface area contributed by atoms with Crippen LogP contribution in [0.5, 0.6) is 0 Å². The Morgan fingerprint density at radius 2 is 1.88 bits per heavy atom. The average molecular weight is 348 g/mol. The van der Waals surface area contributed by atoms with Crippen molar-refractivity contribution < 1.29 is 0 Å². The zero-order valence-electron chi connectivity index (χ0n) is 14.6. The van der Waals surface area contributed by atoms with Gasteiger partial charge in [-0.15, -0.1) is 0 Å². The molecule has 0 radical (unpaired) electrons. The molecular formula is C19H20N6O. The van der Waals surface area contributed by atoms with E-state index in [9.17, 15) is 4.79 Å². The number of nitrogens with zero attached hydrogens (tertiary/aromatic N) is 4. The number of hydrogen-bond donors (Lipinski definition) is 2. The molecule has 7 heteroatoms. The first kappa shape index (κ1) is 16.3. The van der Waals surface area contributed by atoms with E-state index in [1.54, 1.807) is 6.20 Å². The monoisotopic (exact) mass is 348 g/mol. The third kappa shape index (κ3) is 3.42. The summed E-state index contributed by atoms with van der Waals surface area (Å²) in [5.74, 6) is 1.14. The van der Waals surface area contributed by atoms with Gasteiger partial charge in [-0.2, -0.15) is 0 Å². The van der Waals surface area contributed by atoms with E-state index >= 15 is 0 Å². The van der Waals surface area contributed by atoms with Gasteiger partial charge in [0.1, 0.15) is 0 Å². The van der Waals surface area contributed by atoms with Gasteiger partial charge in [-0.1, -0.05) is 18.2 Å². The van der Waals surface area contributed by atoms with Crippen molar-refractivity contribution in [3.8, 4) is 11.3 Å². The first-order valence-electron chi connectivity index (χ1n) is 8.71. The molecule has 2 N–H and O–H groups in total. The van der Waals surface area contributed by atoms with Crippen molar-refractivity contribution in [2.24, 2.45) is 0 Å². The third-order valence-corrected chi connectivity index (χ3v) is 4.41. The summed E-state index contributed by atoms with van der Waals surface area (Å²) < 4.78 is 0. The normalized spacial score (nSPS) is 13.8. The summed E-state index contributed by atoms with van der Waals surface area (Å²) in [6.45, 7) is 3.91. The zero-order chi connectivity index (χ0) is 17.9. The number of anilines is 3. The molecule has 7 nitrogen and oxygen atoms in total. The summed E-state index contributed by atoms with van der Waals surface area (Å²) in [5, 5.41) is 3.11. The maximum absolute atomic E-state index is 12.1. The number of nitrogens with one attached hydrogen (secondary N) is 2. The largest absolute Gasteiger partial charge is 0.341 e. The molecule has 132 valence electrons. The van der Waals surface area contributed by atoms with Crippen molar-refractivity contribution in [1.29, 1.82) is 0 Å². The van der Waals surface area contributed by atoms with Crippen LogP contribution < -0.4 is 15.8 Å². The first-order valence-corrected chi connectivity index (χ1v) is 8.71. The summed E-state index contributed by atoms with van der Waals surface area (Å²) in [6.07, 6.45) is 4.10. The topological polar surface area (TPSA) is 86.8 Å². The Morgan fingerprint density at radius 1 is 1.12 bits per heavy atom. The molecule has 0 aliphatic carbocycles. The second-order valence-electron chi connectivity index (χ2n) is 6.33. The number of hydrogen-bond acceptors (Lipinski definition) is 6. The number of aryl methyl sites for hydroxylation is 1. The number of aromatic nitrogens is 4. The van der Waals surface area contributed by atoms with Gasteiger partial charge in [0.2, 0.25) is 11.9 Å². The Balaban J connectivity index is 1.66. The number of para-hydroxylation sites is 1. The predicted octanol–water partition coefficient (Wildman–Crippen LogP) is 2.88. The van der Waals surface area contributed by atoms with Gasteiger partial charge in [0, 0.05) is 36.6 Å². The Morgan fingerprint density at radius 3 is 2.62 bits per heavy atom. The lowest BCUT2D eigenvalue weighted by atomic mass is 10.2. The summed E-state index contributed by atoms with van der Waals surface area (Å²) >= 11 is 0. The summed E-state index contributed by atoms with van der Waals surface area (Å²) in [7, 11) is 0. The lowest BCUT2D eigenvalue weighted by Gasteiger charge is -2.16. The Kier molecular flexibility index (Phi) is 4.35. The third-order valence-electron chi connectivity index (χ3n) is 4.41. The highest BCUT2D eigenvalue weighted by Crippen LogP contribution is 2.23. The van der Waals surface area contributed by atoms with E-state index in [2.05, 4.69) is 30.2 Å². The summed E-state index contributed by atoms with van der Waals surface area (Å²) in [4.78, 5) is 30.6. The second-order valence-corrected chi connectivity index (χ2v) is 6.33. The molecule has 0 amide bonds. The fraction of sp³-hybridized carbons (Fsp3) is 0.263. The van der Waals surface area contributed by atoms with Crippen LogP contribution in [0.25, 0.3) is 11.3 Å². The van der Waals surface area contributed by atoms with E-state index in [0.29, 0.717) is 11.6 Å². The summed E-state index contributed by atoms with van der Waals surface area (Å²) in [5.41, 5.74) is 2.75. The van der Waals surface area contributed by atoms with Crippen molar-refractivity contribution in [3.05, 3.63) is 58.6 Å². The quantitative estimate of drug-likeness (QED) is 0.754. The first-order chi connectivity index (χ1) is 12.7. The molecule has 4 rings (SSSR count). The van der Waals surface area contributed by atoms with Crippen LogP contribution in [-0.4, -0.2) is 33.0 Å². The zero-order valence-corrected chi connectivity index (χ0v) is 14.6. The standard InChI is InChI=1S/C19H20N6O/c1-13-15(12-20-19(21-13)25-9-5-6-10-25)16-11-17(26)24-18(23-16)22-14-7-3-2-4-8-14/h2-4,7-8,11-12H,5-6,9-10H2,1H3,(H2,22,23,24,26).